The van der Waals surface area contributed by atoms with Gasteiger partial charge >= 0.3 is 5.97 Å². The number of hydrogen-bond acceptors (Lipinski definition) is 4. The van der Waals surface area contributed by atoms with Gasteiger partial charge in [-0.2, -0.15) is 0 Å². The molecule has 0 fully saturated rings. The summed E-state index contributed by atoms with van der Waals surface area (Å²) in [5, 5.41) is 0. The molecule has 0 saturated heterocycles. The number of carbonyl (C=O) groups excluding carboxylic acids is 1. The quantitative estimate of drug-likeness (QED) is 0.385. The van der Waals surface area contributed by atoms with E-state index in [2.05, 4.69) is 18.7 Å². The summed E-state index contributed by atoms with van der Waals surface area (Å²) < 4.78 is 16.9. The molecule has 4 heteroatoms. The lowest BCUT2D eigenvalue weighted by Gasteiger charge is -2.22. The number of hydrogen-bond donors (Lipinski definition) is 0. The molecule has 0 aromatic carbocycles. The van der Waals surface area contributed by atoms with Crippen LogP contribution in [0.25, 0.3) is 0 Å². The van der Waals surface area contributed by atoms with Crippen LogP contribution in [0.2, 0.25) is 0 Å². The van der Waals surface area contributed by atoms with Crippen LogP contribution in [0.3, 0.4) is 0 Å². The summed E-state index contributed by atoms with van der Waals surface area (Å²) in [5.41, 5.74) is 0.408. The molecule has 0 heterocycles. The van der Waals surface area contributed by atoms with E-state index in [1.807, 2.05) is 0 Å². The van der Waals surface area contributed by atoms with E-state index < -0.39 is 0 Å². The van der Waals surface area contributed by atoms with E-state index in [0.717, 1.165) is 50.0 Å². The highest BCUT2D eigenvalue weighted by Crippen LogP contribution is 2.25. The first kappa shape index (κ1) is 15.7. The first-order valence-corrected chi connectivity index (χ1v) is 7.69. The molecule has 4 nitrogen and oxygen atoms in total. The van der Waals surface area contributed by atoms with Crippen molar-refractivity contribution in [3.63, 3.8) is 0 Å². The third-order valence-electron chi connectivity index (χ3n) is 3.50. The Balaban J connectivity index is 1.81. The fourth-order valence-electron chi connectivity index (χ4n) is 2.35. The summed E-state index contributed by atoms with van der Waals surface area (Å²) in [4.78, 5) is 11.4. The summed E-state index contributed by atoms with van der Waals surface area (Å²) in [5.74, 6) is 1.61. The Kier molecular flexibility index (Phi) is 5.90. The standard InChI is InChI=1S/C17H24O4/c1-13(2)17(18)19-12-11-16(20-14-7-3-4-8-14)21-15-9-5-6-10-15/h7,9,16H,1,3-6,8,10-12H2,2H3. The minimum absolute atomic E-state index is 0.275. The minimum Gasteiger partial charge on any atom is -0.462 e. The van der Waals surface area contributed by atoms with E-state index in [-0.39, 0.29) is 18.9 Å². The lowest BCUT2D eigenvalue weighted by molar-refractivity contribution is -0.143. The molecule has 0 unspecified atom stereocenters. The molecule has 0 saturated carbocycles. The van der Waals surface area contributed by atoms with E-state index in [1.165, 1.54) is 0 Å². The van der Waals surface area contributed by atoms with Gasteiger partial charge in [-0.1, -0.05) is 6.58 Å². The van der Waals surface area contributed by atoms with Crippen LogP contribution in [0.15, 0.2) is 35.8 Å². The number of ether oxygens (including phenoxy) is 3. The molecule has 2 rings (SSSR count). The van der Waals surface area contributed by atoms with Crippen molar-refractivity contribution >= 4 is 5.97 Å². The highest BCUT2D eigenvalue weighted by molar-refractivity contribution is 5.86. The molecule has 0 atom stereocenters. The summed E-state index contributed by atoms with van der Waals surface area (Å²) >= 11 is 0. The van der Waals surface area contributed by atoms with Gasteiger partial charge in [-0.25, -0.2) is 4.79 Å². The Hall–Kier alpha value is -1.71. The highest BCUT2D eigenvalue weighted by atomic mass is 16.7. The zero-order valence-electron chi connectivity index (χ0n) is 12.7. The van der Waals surface area contributed by atoms with Crippen LogP contribution >= 0.6 is 0 Å². The average Bonchev–Trinajstić information content (AvgIpc) is 3.11. The molecule has 0 aliphatic heterocycles. The van der Waals surface area contributed by atoms with Crippen LogP contribution in [0, 0.1) is 0 Å². The molecular formula is C17H24O4. The summed E-state index contributed by atoms with van der Waals surface area (Å²) in [6, 6.07) is 0. The van der Waals surface area contributed by atoms with Crippen LogP contribution in [0.1, 0.15) is 51.9 Å². The Bertz CT molecular complexity index is 422. The molecule has 0 aromatic rings. The number of carbonyl (C=O) groups is 1. The highest BCUT2D eigenvalue weighted by Gasteiger charge is 2.19. The van der Waals surface area contributed by atoms with Gasteiger partial charge < -0.3 is 14.2 Å². The van der Waals surface area contributed by atoms with E-state index in [1.54, 1.807) is 6.92 Å². The first-order chi connectivity index (χ1) is 10.1. The fourth-order valence-corrected chi connectivity index (χ4v) is 2.35. The lowest BCUT2D eigenvalue weighted by atomic mass is 10.3. The molecular weight excluding hydrogens is 268 g/mol. The fraction of sp³-hybridized carbons (Fsp3) is 0.588. The van der Waals surface area contributed by atoms with Gasteiger partial charge in [-0.05, 0) is 44.8 Å². The Morgan fingerprint density at radius 1 is 1.19 bits per heavy atom. The van der Waals surface area contributed by atoms with Crippen molar-refractivity contribution in [1.82, 2.24) is 0 Å². The van der Waals surface area contributed by atoms with E-state index >= 15 is 0 Å². The van der Waals surface area contributed by atoms with Gasteiger partial charge in [-0.15, -0.1) is 0 Å². The van der Waals surface area contributed by atoms with Crippen molar-refractivity contribution in [2.45, 2.75) is 58.2 Å². The van der Waals surface area contributed by atoms with Gasteiger partial charge in [-0.3, -0.25) is 0 Å². The number of rotatable bonds is 8. The van der Waals surface area contributed by atoms with Crippen molar-refractivity contribution in [2.24, 2.45) is 0 Å². The number of esters is 1. The Labute approximate surface area is 126 Å². The largest absolute Gasteiger partial charge is 0.462 e. The molecule has 0 spiro atoms. The van der Waals surface area contributed by atoms with Crippen LogP contribution in [0.4, 0.5) is 0 Å². The topological polar surface area (TPSA) is 44.8 Å². The molecule has 0 aromatic heterocycles. The van der Waals surface area contributed by atoms with Crippen molar-refractivity contribution in [3.05, 3.63) is 35.8 Å². The molecule has 0 N–H and O–H groups in total. The summed E-state index contributed by atoms with van der Waals surface area (Å²) in [6.07, 6.45) is 10.7. The molecule has 0 amide bonds. The first-order valence-electron chi connectivity index (χ1n) is 7.69. The third-order valence-corrected chi connectivity index (χ3v) is 3.50. The molecule has 116 valence electrons. The zero-order valence-corrected chi connectivity index (χ0v) is 12.7. The molecule has 0 bridgehead atoms. The van der Waals surface area contributed by atoms with Gasteiger partial charge in [0, 0.05) is 18.4 Å². The van der Waals surface area contributed by atoms with Gasteiger partial charge in [0.1, 0.15) is 0 Å². The normalized spacial score (nSPS) is 17.4. The van der Waals surface area contributed by atoms with E-state index in [9.17, 15) is 4.79 Å². The summed E-state index contributed by atoms with van der Waals surface area (Å²) in [7, 11) is 0. The second-order valence-electron chi connectivity index (χ2n) is 5.50. The van der Waals surface area contributed by atoms with Crippen LogP contribution in [-0.2, 0) is 19.0 Å². The minimum atomic E-state index is -0.378. The van der Waals surface area contributed by atoms with Crippen molar-refractivity contribution in [2.75, 3.05) is 6.61 Å². The second kappa shape index (κ2) is 7.91. The molecule has 0 radical (unpaired) electrons. The smallest absolute Gasteiger partial charge is 0.333 e. The van der Waals surface area contributed by atoms with Gasteiger partial charge in [0.2, 0.25) is 6.29 Å². The van der Waals surface area contributed by atoms with Crippen LogP contribution in [-0.4, -0.2) is 18.9 Å². The van der Waals surface area contributed by atoms with Crippen molar-refractivity contribution in [1.29, 1.82) is 0 Å². The summed E-state index contributed by atoms with van der Waals surface area (Å²) in [6.45, 7) is 5.48. The molecule has 2 aliphatic rings. The maximum absolute atomic E-state index is 11.4. The lowest BCUT2D eigenvalue weighted by Crippen LogP contribution is -2.20. The van der Waals surface area contributed by atoms with Crippen molar-refractivity contribution in [3.8, 4) is 0 Å². The molecule has 2 aliphatic carbocycles. The third kappa shape index (κ3) is 5.29. The van der Waals surface area contributed by atoms with E-state index in [4.69, 9.17) is 14.2 Å². The van der Waals surface area contributed by atoms with Gasteiger partial charge in [0.15, 0.2) is 0 Å². The Morgan fingerprint density at radius 3 is 2.19 bits per heavy atom. The SMILES string of the molecule is C=C(C)C(=O)OCCC(OC1=CCCC1)OC1=CCCC1. The predicted octanol–water partition coefficient (Wildman–Crippen LogP) is 3.99. The van der Waals surface area contributed by atoms with Crippen LogP contribution < -0.4 is 0 Å². The second-order valence-corrected chi connectivity index (χ2v) is 5.50. The zero-order chi connectivity index (χ0) is 15.1. The average molecular weight is 292 g/mol. The maximum atomic E-state index is 11.4. The van der Waals surface area contributed by atoms with Gasteiger partial charge in [0.05, 0.1) is 24.5 Å². The maximum Gasteiger partial charge on any atom is 0.333 e. The van der Waals surface area contributed by atoms with Crippen LogP contribution in [0.5, 0.6) is 0 Å². The number of allylic oxidation sites excluding steroid dienone is 4. The van der Waals surface area contributed by atoms with Gasteiger partial charge in [0.25, 0.3) is 0 Å². The molecule has 21 heavy (non-hydrogen) atoms. The predicted molar refractivity (Wildman–Crippen MR) is 80.2 cm³/mol. The monoisotopic (exact) mass is 292 g/mol. The van der Waals surface area contributed by atoms with Crippen molar-refractivity contribution < 1.29 is 19.0 Å². The Morgan fingerprint density at radius 2 is 1.76 bits per heavy atom. The van der Waals surface area contributed by atoms with E-state index in [0.29, 0.717) is 12.0 Å².